The van der Waals surface area contributed by atoms with Gasteiger partial charge in [-0.15, -0.1) is 0 Å². The molecule has 0 fully saturated rings. The predicted octanol–water partition coefficient (Wildman–Crippen LogP) is 2.87. The number of halogens is 1. The predicted molar refractivity (Wildman–Crippen MR) is 109 cm³/mol. The summed E-state index contributed by atoms with van der Waals surface area (Å²) in [7, 11) is 1.94. The largest absolute Gasteiger partial charge is 0.382 e. The monoisotopic (exact) mass is 466 g/mol. The van der Waals surface area contributed by atoms with E-state index < -0.39 is 0 Å². The summed E-state index contributed by atoms with van der Waals surface area (Å²) in [5, 5.41) is 4.10. The molecule has 6 nitrogen and oxygen atoms in total. The van der Waals surface area contributed by atoms with Crippen molar-refractivity contribution in [2.75, 3.05) is 19.3 Å². The van der Waals surface area contributed by atoms with Gasteiger partial charge < -0.3 is 15.6 Å². The Labute approximate surface area is 164 Å². The SMILES string of the molecule is CNCCn1c(Sc2cc3c(cc2I)CCC3)nc2c(N)ncnc21. The van der Waals surface area contributed by atoms with E-state index in [-0.39, 0.29) is 0 Å². The Morgan fingerprint density at radius 1 is 1.28 bits per heavy atom. The topological polar surface area (TPSA) is 81.7 Å². The summed E-state index contributed by atoms with van der Waals surface area (Å²) in [6.07, 6.45) is 5.13. The molecule has 0 bridgehead atoms. The van der Waals surface area contributed by atoms with Gasteiger partial charge in [0.05, 0.1) is 0 Å². The van der Waals surface area contributed by atoms with Crippen molar-refractivity contribution in [3.05, 3.63) is 33.2 Å². The zero-order valence-electron chi connectivity index (χ0n) is 13.9. The van der Waals surface area contributed by atoms with Gasteiger partial charge in [0.1, 0.15) is 6.33 Å². The van der Waals surface area contributed by atoms with Crippen LogP contribution in [0.2, 0.25) is 0 Å². The number of nitrogens with one attached hydrogen (secondary N) is 1. The number of nitrogen functional groups attached to an aromatic ring is 1. The average Bonchev–Trinajstić information content (AvgIpc) is 3.18. The summed E-state index contributed by atoms with van der Waals surface area (Å²) in [6.45, 7) is 1.62. The molecule has 8 heteroatoms. The van der Waals surface area contributed by atoms with Crippen molar-refractivity contribution < 1.29 is 0 Å². The molecule has 3 aromatic rings. The molecule has 0 aliphatic heterocycles. The van der Waals surface area contributed by atoms with Crippen LogP contribution in [0.25, 0.3) is 11.2 Å². The van der Waals surface area contributed by atoms with E-state index >= 15 is 0 Å². The van der Waals surface area contributed by atoms with Gasteiger partial charge in [0.2, 0.25) is 0 Å². The molecule has 0 amide bonds. The third kappa shape index (κ3) is 3.22. The average molecular weight is 466 g/mol. The van der Waals surface area contributed by atoms with E-state index in [2.05, 4.69) is 54.6 Å². The highest BCUT2D eigenvalue weighted by atomic mass is 127. The summed E-state index contributed by atoms with van der Waals surface area (Å²) in [6, 6.07) is 4.64. The Bertz CT molecular complexity index is 939. The van der Waals surface area contributed by atoms with E-state index in [1.165, 1.54) is 45.2 Å². The molecule has 1 aromatic carbocycles. The summed E-state index contributed by atoms with van der Waals surface area (Å²) < 4.78 is 3.40. The minimum Gasteiger partial charge on any atom is -0.382 e. The summed E-state index contributed by atoms with van der Waals surface area (Å²) in [4.78, 5) is 14.5. The van der Waals surface area contributed by atoms with E-state index in [0.29, 0.717) is 11.3 Å². The zero-order chi connectivity index (χ0) is 17.4. The van der Waals surface area contributed by atoms with Crippen molar-refractivity contribution in [2.45, 2.75) is 35.9 Å². The third-order valence-corrected chi connectivity index (χ3v) is 6.77. The van der Waals surface area contributed by atoms with Crippen LogP contribution in [0.1, 0.15) is 17.5 Å². The van der Waals surface area contributed by atoms with Crippen LogP contribution in [-0.2, 0) is 19.4 Å². The van der Waals surface area contributed by atoms with Crippen LogP contribution in [0.4, 0.5) is 5.82 Å². The number of aromatic nitrogens is 4. The van der Waals surface area contributed by atoms with Gasteiger partial charge in [-0.1, -0.05) is 11.8 Å². The van der Waals surface area contributed by atoms with Crippen molar-refractivity contribution in [2.24, 2.45) is 0 Å². The number of fused-ring (bicyclic) bond motifs is 2. The molecule has 0 saturated carbocycles. The molecule has 0 spiro atoms. The number of aryl methyl sites for hydroxylation is 2. The minimum absolute atomic E-state index is 0.429. The Morgan fingerprint density at radius 2 is 2.08 bits per heavy atom. The standard InChI is InChI=1S/C17H19IN6S/c1-20-5-6-24-16-14(15(19)21-9-22-16)23-17(24)25-13-8-11-4-2-3-10(11)7-12(13)18/h7-9,20H,2-6H2,1H3,(H2,19,21,22). The lowest BCUT2D eigenvalue weighted by molar-refractivity contribution is 0.610. The normalized spacial score (nSPS) is 13.5. The van der Waals surface area contributed by atoms with Crippen molar-refractivity contribution in [3.63, 3.8) is 0 Å². The van der Waals surface area contributed by atoms with Crippen LogP contribution in [0, 0.1) is 3.57 Å². The second-order valence-corrected chi connectivity index (χ2v) is 8.26. The quantitative estimate of drug-likeness (QED) is 0.563. The molecule has 0 saturated heterocycles. The maximum absolute atomic E-state index is 6.01. The molecular weight excluding hydrogens is 447 g/mol. The minimum atomic E-state index is 0.429. The van der Waals surface area contributed by atoms with Crippen molar-refractivity contribution in [1.82, 2.24) is 24.8 Å². The maximum atomic E-state index is 6.01. The van der Waals surface area contributed by atoms with Crippen LogP contribution >= 0.6 is 34.4 Å². The first kappa shape index (κ1) is 17.0. The Balaban J connectivity index is 1.77. The van der Waals surface area contributed by atoms with Crippen molar-refractivity contribution in [1.29, 1.82) is 0 Å². The summed E-state index contributed by atoms with van der Waals surface area (Å²) in [5.41, 5.74) is 10.4. The van der Waals surface area contributed by atoms with Crippen molar-refractivity contribution in [3.8, 4) is 0 Å². The van der Waals surface area contributed by atoms with Crippen LogP contribution in [0.5, 0.6) is 0 Å². The molecule has 0 unspecified atom stereocenters. The fourth-order valence-electron chi connectivity index (χ4n) is 3.19. The molecule has 0 atom stereocenters. The highest BCUT2D eigenvalue weighted by Gasteiger charge is 2.19. The summed E-state index contributed by atoms with van der Waals surface area (Å²) in [5.74, 6) is 0.429. The van der Waals surface area contributed by atoms with Gasteiger partial charge in [-0.05, 0) is 72.2 Å². The molecule has 1 aliphatic carbocycles. The zero-order valence-corrected chi connectivity index (χ0v) is 16.9. The molecular formula is C17H19IN6S. The van der Waals surface area contributed by atoms with Crippen LogP contribution in [0.15, 0.2) is 28.5 Å². The number of rotatable bonds is 5. The first-order valence-electron chi connectivity index (χ1n) is 8.28. The first-order valence-corrected chi connectivity index (χ1v) is 10.2. The lowest BCUT2D eigenvalue weighted by Gasteiger charge is -2.10. The Morgan fingerprint density at radius 3 is 2.88 bits per heavy atom. The molecule has 2 heterocycles. The number of imidazole rings is 1. The van der Waals surface area contributed by atoms with Crippen LogP contribution in [0.3, 0.4) is 0 Å². The fourth-order valence-corrected chi connectivity index (χ4v) is 5.03. The van der Waals surface area contributed by atoms with Gasteiger partial charge in [0.25, 0.3) is 0 Å². The van der Waals surface area contributed by atoms with Gasteiger partial charge >= 0.3 is 0 Å². The number of benzene rings is 1. The molecule has 3 N–H and O–H groups in total. The molecule has 2 aromatic heterocycles. The van der Waals surface area contributed by atoms with Crippen LogP contribution < -0.4 is 11.1 Å². The second kappa shape index (κ2) is 7.08. The lowest BCUT2D eigenvalue weighted by atomic mass is 10.1. The van der Waals surface area contributed by atoms with Crippen molar-refractivity contribution >= 4 is 51.3 Å². The van der Waals surface area contributed by atoms with E-state index in [4.69, 9.17) is 10.7 Å². The van der Waals surface area contributed by atoms with Crippen LogP contribution in [-0.4, -0.2) is 33.1 Å². The molecule has 130 valence electrons. The second-order valence-electron chi connectivity index (χ2n) is 6.09. The number of likely N-dealkylation sites (N-methyl/N-ethyl adjacent to an activating group) is 1. The molecule has 4 rings (SSSR count). The third-order valence-electron chi connectivity index (χ3n) is 4.46. The van der Waals surface area contributed by atoms with Gasteiger partial charge in [0, 0.05) is 21.6 Å². The number of nitrogens with two attached hydrogens (primary N) is 1. The first-order chi connectivity index (χ1) is 12.2. The highest BCUT2D eigenvalue weighted by molar-refractivity contribution is 14.1. The summed E-state index contributed by atoms with van der Waals surface area (Å²) >= 11 is 4.11. The number of hydrogen-bond acceptors (Lipinski definition) is 6. The van der Waals surface area contributed by atoms with E-state index in [1.807, 2.05) is 7.05 Å². The van der Waals surface area contributed by atoms with Gasteiger partial charge in [-0.2, -0.15) is 0 Å². The number of nitrogens with zero attached hydrogens (tertiary/aromatic N) is 4. The van der Waals surface area contributed by atoms with E-state index in [1.54, 1.807) is 11.8 Å². The molecule has 25 heavy (non-hydrogen) atoms. The van der Waals surface area contributed by atoms with Gasteiger partial charge in [-0.25, -0.2) is 15.0 Å². The highest BCUT2D eigenvalue weighted by Crippen LogP contribution is 2.36. The van der Waals surface area contributed by atoms with Gasteiger partial charge in [-0.3, -0.25) is 0 Å². The number of anilines is 1. The van der Waals surface area contributed by atoms with E-state index in [9.17, 15) is 0 Å². The maximum Gasteiger partial charge on any atom is 0.175 e. The Kier molecular flexibility index (Phi) is 4.83. The lowest BCUT2D eigenvalue weighted by Crippen LogP contribution is -2.15. The Hall–Kier alpha value is -1.39. The molecule has 1 aliphatic rings. The molecule has 0 radical (unpaired) electrons. The smallest absolute Gasteiger partial charge is 0.175 e. The number of hydrogen-bond donors (Lipinski definition) is 2. The van der Waals surface area contributed by atoms with Gasteiger partial charge in [0.15, 0.2) is 22.1 Å². The van der Waals surface area contributed by atoms with E-state index in [0.717, 1.165) is 23.9 Å². The fraction of sp³-hybridized carbons (Fsp3) is 0.353.